The molecule has 1 unspecified atom stereocenters. The minimum Gasteiger partial charge on any atom is -0.487 e. The SMILES string of the molecule is C=Cc1ccc(F)cc1NCCC1CSC(COc2ccc(-c3nc4ccccc4s3)cc2)=N1. The van der Waals surface area contributed by atoms with Crippen molar-refractivity contribution in [2.24, 2.45) is 4.99 Å². The van der Waals surface area contributed by atoms with Crippen LogP contribution in [0.15, 0.2) is 78.3 Å². The number of rotatable bonds is 9. The first-order valence-electron chi connectivity index (χ1n) is 11.1. The summed E-state index contributed by atoms with van der Waals surface area (Å²) >= 11 is 3.44. The zero-order valence-corrected chi connectivity index (χ0v) is 20.2. The Morgan fingerprint density at radius 3 is 2.79 bits per heavy atom. The van der Waals surface area contributed by atoms with Crippen molar-refractivity contribution in [2.75, 3.05) is 24.2 Å². The van der Waals surface area contributed by atoms with Gasteiger partial charge in [0.05, 0.1) is 16.3 Å². The van der Waals surface area contributed by atoms with Crippen molar-refractivity contribution in [3.8, 4) is 16.3 Å². The maximum atomic E-state index is 13.5. The zero-order valence-electron chi connectivity index (χ0n) is 18.5. The number of anilines is 1. The lowest BCUT2D eigenvalue weighted by Gasteiger charge is -2.11. The largest absolute Gasteiger partial charge is 0.487 e. The van der Waals surface area contributed by atoms with Crippen molar-refractivity contribution in [3.05, 3.63) is 84.7 Å². The number of hydrogen-bond acceptors (Lipinski definition) is 6. The summed E-state index contributed by atoms with van der Waals surface area (Å²) in [6.07, 6.45) is 2.60. The molecule has 0 fully saturated rings. The fourth-order valence-electron chi connectivity index (χ4n) is 3.76. The third-order valence-corrected chi connectivity index (χ3v) is 7.75. The Hall–Kier alpha value is -3.16. The van der Waals surface area contributed by atoms with E-state index >= 15 is 0 Å². The monoisotopic (exact) mass is 489 g/mol. The molecule has 1 atom stereocenters. The molecular formula is C27H24FN3OS2. The van der Waals surface area contributed by atoms with Gasteiger partial charge >= 0.3 is 0 Å². The van der Waals surface area contributed by atoms with Crippen LogP contribution in [0.25, 0.3) is 26.9 Å². The van der Waals surface area contributed by atoms with Crippen molar-refractivity contribution in [1.29, 1.82) is 0 Å². The van der Waals surface area contributed by atoms with Crippen LogP contribution in [-0.4, -0.2) is 35.0 Å². The van der Waals surface area contributed by atoms with Crippen molar-refractivity contribution in [1.82, 2.24) is 4.98 Å². The molecule has 0 spiro atoms. The summed E-state index contributed by atoms with van der Waals surface area (Å²) in [6.45, 7) is 4.98. The molecule has 34 heavy (non-hydrogen) atoms. The van der Waals surface area contributed by atoms with E-state index in [9.17, 15) is 4.39 Å². The van der Waals surface area contributed by atoms with Crippen LogP contribution >= 0.6 is 23.1 Å². The zero-order chi connectivity index (χ0) is 23.3. The van der Waals surface area contributed by atoms with Gasteiger partial charge in [-0.3, -0.25) is 4.99 Å². The van der Waals surface area contributed by atoms with Crippen molar-refractivity contribution < 1.29 is 9.13 Å². The average Bonchev–Trinajstić information content (AvgIpc) is 3.50. The highest BCUT2D eigenvalue weighted by molar-refractivity contribution is 8.14. The van der Waals surface area contributed by atoms with E-state index in [4.69, 9.17) is 14.7 Å². The number of nitrogens with one attached hydrogen (secondary N) is 1. The van der Waals surface area contributed by atoms with E-state index in [1.165, 1.54) is 16.8 Å². The second kappa shape index (κ2) is 10.4. The fourth-order valence-corrected chi connectivity index (χ4v) is 5.73. The molecular weight excluding hydrogens is 465 g/mol. The van der Waals surface area contributed by atoms with Gasteiger partial charge in [-0.2, -0.15) is 0 Å². The van der Waals surface area contributed by atoms with Crippen LogP contribution in [-0.2, 0) is 0 Å². The molecule has 1 aliphatic rings. The van der Waals surface area contributed by atoms with E-state index in [1.807, 2.05) is 30.3 Å². The minimum absolute atomic E-state index is 0.234. The lowest BCUT2D eigenvalue weighted by Crippen LogP contribution is -2.12. The average molecular weight is 490 g/mol. The number of aliphatic imine (C=N–C) groups is 1. The molecule has 1 aliphatic heterocycles. The Labute approximate surface area is 206 Å². The highest BCUT2D eigenvalue weighted by Crippen LogP contribution is 2.31. The first-order valence-corrected chi connectivity index (χ1v) is 12.9. The first-order chi connectivity index (χ1) is 16.7. The Bertz CT molecular complexity index is 1300. The molecule has 0 aliphatic carbocycles. The summed E-state index contributed by atoms with van der Waals surface area (Å²) in [5.74, 6) is 1.51. The van der Waals surface area contributed by atoms with Crippen molar-refractivity contribution >= 4 is 50.1 Å². The molecule has 7 heteroatoms. The van der Waals surface area contributed by atoms with Crippen molar-refractivity contribution in [3.63, 3.8) is 0 Å². The van der Waals surface area contributed by atoms with Gasteiger partial charge in [0.1, 0.15) is 28.2 Å². The number of ether oxygens (including phenoxy) is 1. The van der Waals surface area contributed by atoms with Gasteiger partial charge in [0.25, 0.3) is 0 Å². The van der Waals surface area contributed by atoms with Crippen LogP contribution in [0.5, 0.6) is 5.75 Å². The summed E-state index contributed by atoms with van der Waals surface area (Å²) in [5.41, 5.74) is 3.78. The molecule has 0 saturated heterocycles. The molecule has 0 saturated carbocycles. The summed E-state index contributed by atoms with van der Waals surface area (Å²) in [6, 6.07) is 21.2. The number of hydrogen-bond donors (Lipinski definition) is 1. The second-order valence-corrected chi connectivity index (χ2v) is 10.1. The molecule has 0 amide bonds. The molecule has 1 N–H and O–H groups in total. The smallest absolute Gasteiger partial charge is 0.136 e. The number of benzene rings is 3. The van der Waals surface area contributed by atoms with E-state index in [0.29, 0.717) is 6.61 Å². The maximum absolute atomic E-state index is 13.5. The highest BCUT2D eigenvalue weighted by atomic mass is 32.2. The number of aromatic nitrogens is 1. The van der Waals surface area contributed by atoms with Gasteiger partial charge in [-0.15, -0.1) is 23.1 Å². The molecule has 2 heterocycles. The van der Waals surface area contributed by atoms with Crippen LogP contribution in [0.1, 0.15) is 12.0 Å². The number of thioether (sulfide) groups is 1. The molecule has 5 rings (SSSR count). The lowest BCUT2D eigenvalue weighted by atomic mass is 10.1. The van der Waals surface area contributed by atoms with Gasteiger partial charge in [0.2, 0.25) is 0 Å². The summed E-state index contributed by atoms with van der Waals surface area (Å²) in [7, 11) is 0. The molecule has 4 nitrogen and oxygen atoms in total. The topological polar surface area (TPSA) is 46.5 Å². The predicted octanol–water partition coefficient (Wildman–Crippen LogP) is 7.14. The fraction of sp³-hybridized carbons (Fsp3) is 0.185. The third kappa shape index (κ3) is 5.32. The Morgan fingerprint density at radius 2 is 1.97 bits per heavy atom. The van der Waals surface area contributed by atoms with Gasteiger partial charge in [0, 0.05) is 23.5 Å². The Balaban J connectivity index is 1.12. The van der Waals surface area contributed by atoms with E-state index in [1.54, 1.807) is 35.2 Å². The summed E-state index contributed by atoms with van der Waals surface area (Å²) in [4.78, 5) is 9.51. The third-order valence-electron chi connectivity index (χ3n) is 5.55. The quantitative estimate of drug-likeness (QED) is 0.271. The summed E-state index contributed by atoms with van der Waals surface area (Å²) < 4.78 is 20.7. The number of halogens is 1. The van der Waals surface area contributed by atoms with E-state index in [0.717, 1.165) is 56.9 Å². The molecule has 4 aromatic rings. The van der Waals surface area contributed by atoms with E-state index in [2.05, 4.69) is 30.1 Å². The van der Waals surface area contributed by atoms with Gasteiger partial charge in [0.15, 0.2) is 0 Å². The molecule has 172 valence electrons. The van der Waals surface area contributed by atoms with E-state index < -0.39 is 0 Å². The maximum Gasteiger partial charge on any atom is 0.136 e. The highest BCUT2D eigenvalue weighted by Gasteiger charge is 2.18. The Kier molecular flexibility index (Phi) is 6.92. The van der Waals surface area contributed by atoms with E-state index in [-0.39, 0.29) is 11.9 Å². The van der Waals surface area contributed by atoms with Gasteiger partial charge in [-0.25, -0.2) is 9.37 Å². The van der Waals surface area contributed by atoms with Gasteiger partial charge in [-0.05, 0) is 60.5 Å². The van der Waals surface area contributed by atoms with Crippen LogP contribution in [0.2, 0.25) is 0 Å². The number of para-hydroxylation sites is 1. The predicted molar refractivity (Wildman–Crippen MR) is 144 cm³/mol. The lowest BCUT2D eigenvalue weighted by molar-refractivity contribution is 0.379. The first kappa shape index (κ1) is 22.6. The summed E-state index contributed by atoms with van der Waals surface area (Å²) in [5, 5.41) is 5.33. The number of nitrogens with zero attached hydrogens (tertiary/aromatic N) is 2. The van der Waals surface area contributed by atoms with Crippen molar-refractivity contribution in [2.45, 2.75) is 12.5 Å². The normalized spacial score (nSPS) is 15.3. The number of fused-ring (bicyclic) bond motifs is 1. The van der Waals surface area contributed by atoms with Gasteiger partial charge in [-0.1, -0.05) is 30.9 Å². The molecule has 1 aromatic heterocycles. The molecule has 0 bridgehead atoms. The van der Waals surface area contributed by atoms with Crippen LogP contribution in [0.3, 0.4) is 0 Å². The molecule has 0 radical (unpaired) electrons. The standard InChI is InChI=1S/C27H24FN3OS2/c1-2-18-7-10-20(28)15-24(18)29-14-13-21-17-33-26(30-21)16-32-22-11-8-19(9-12-22)27-31-23-5-3-4-6-25(23)34-27/h2-12,15,21,29H,1,13-14,16-17H2. The second-order valence-electron chi connectivity index (χ2n) is 7.94. The minimum atomic E-state index is -0.255. The molecule has 3 aromatic carbocycles. The van der Waals surface area contributed by atoms with Crippen LogP contribution in [0, 0.1) is 5.82 Å². The number of thiazole rings is 1. The van der Waals surface area contributed by atoms with Gasteiger partial charge < -0.3 is 10.1 Å². The Morgan fingerprint density at radius 1 is 1.12 bits per heavy atom. The van der Waals surface area contributed by atoms with Crippen LogP contribution < -0.4 is 10.1 Å². The van der Waals surface area contributed by atoms with Crippen LogP contribution in [0.4, 0.5) is 10.1 Å².